The van der Waals surface area contributed by atoms with E-state index in [-0.39, 0.29) is 11.3 Å². The van der Waals surface area contributed by atoms with Gasteiger partial charge in [-0.3, -0.25) is 4.79 Å². The van der Waals surface area contributed by atoms with E-state index in [2.05, 4.69) is 0 Å². The number of rotatable bonds is 6. The number of halogens is 1. The van der Waals surface area contributed by atoms with Gasteiger partial charge in [0, 0.05) is 12.1 Å². The lowest BCUT2D eigenvalue weighted by atomic mass is 10.0. The molecule has 0 heterocycles. The third-order valence-corrected chi connectivity index (χ3v) is 5.90. The monoisotopic (exact) mass is 367 g/mol. The van der Waals surface area contributed by atoms with Crippen LogP contribution >= 0.6 is 11.6 Å². The number of carboxylic acid groups (broad SMARTS) is 1. The summed E-state index contributed by atoms with van der Waals surface area (Å²) in [6.07, 6.45) is 0.0823. The van der Waals surface area contributed by atoms with Gasteiger partial charge in [-0.1, -0.05) is 41.4 Å². The van der Waals surface area contributed by atoms with Gasteiger partial charge in [0.1, 0.15) is 6.04 Å². The van der Waals surface area contributed by atoms with Crippen LogP contribution in [0.5, 0.6) is 0 Å². The first-order valence-corrected chi connectivity index (χ1v) is 9.05. The third-order valence-electron chi connectivity index (χ3n) is 3.76. The Hall–Kier alpha value is -1.89. The molecule has 0 fully saturated rings. The fraction of sp³-hybridized carbons (Fsp3) is 0.235. The minimum absolute atomic E-state index is 0.00422. The van der Waals surface area contributed by atoms with Crippen molar-refractivity contribution in [2.75, 3.05) is 7.05 Å². The number of carboxylic acids is 1. The number of hydrogen-bond donors (Lipinski definition) is 1. The molecule has 128 valence electrons. The molecular weight excluding hydrogens is 350 g/mol. The highest BCUT2D eigenvalue weighted by Crippen LogP contribution is 2.21. The first-order chi connectivity index (χ1) is 11.2. The highest BCUT2D eigenvalue weighted by molar-refractivity contribution is 7.89. The van der Waals surface area contributed by atoms with Gasteiger partial charge in [0.15, 0.2) is 0 Å². The van der Waals surface area contributed by atoms with Gasteiger partial charge in [0.25, 0.3) is 0 Å². The first-order valence-electron chi connectivity index (χ1n) is 7.24. The largest absolute Gasteiger partial charge is 0.480 e. The van der Waals surface area contributed by atoms with Crippen LogP contribution in [0.15, 0.2) is 53.4 Å². The second-order valence-corrected chi connectivity index (χ2v) is 7.95. The van der Waals surface area contributed by atoms with Gasteiger partial charge < -0.3 is 5.11 Å². The van der Waals surface area contributed by atoms with Crippen molar-refractivity contribution in [1.82, 2.24) is 4.31 Å². The topological polar surface area (TPSA) is 74.7 Å². The van der Waals surface area contributed by atoms with Crippen LogP contribution in [0.2, 0.25) is 5.02 Å². The predicted octanol–water partition coefficient (Wildman–Crippen LogP) is 2.96. The van der Waals surface area contributed by atoms with Gasteiger partial charge in [0.2, 0.25) is 10.0 Å². The lowest BCUT2D eigenvalue weighted by molar-refractivity contribution is -0.141. The third kappa shape index (κ3) is 4.14. The minimum Gasteiger partial charge on any atom is -0.480 e. The minimum atomic E-state index is -3.93. The van der Waals surface area contributed by atoms with E-state index in [1.54, 1.807) is 12.1 Å². The fourth-order valence-electron chi connectivity index (χ4n) is 2.26. The highest BCUT2D eigenvalue weighted by Gasteiger charge is 2.32. The van der Waals surface area contributed by atoms with E-state index < -0.39 is 22.0 Å². The van der Waals surface area contributed by atoms with E-state index in [4.69, 9.17) is 11.6 Å². The Morgan fingerprint density at radius 3 is 2.17 bits per heavy atom. The number of carbonyl (C=O) groups is 1. The van der Waals surface area contributed by atoms with E-state index in [1.807, 2.05) is 19.1 Å². The maximum Gasteiger partial charge on any atom is 0.322 e. The molecule has 24 heavy (non-hydrogen) atoms. The number of sulfonamides is 1. The smallest absolute Gasteiger partial charge is 0.322 e. The van der Waals surface area contributed by atoms with Crippen LogP contribution in [0.4, 0.5) is 0 Å². The lowest BCUT2D eigenvalue weighted by Gasteiger charge is -2.24. The zero-order valence-electron chi connectivity index (χ0n) is 13.3. The molecule has 0 spiro atoms. The molecule has 0 aliphatic heterocycles. The number of likely N-dealkylation sites (N-methyl/N-ethyl adjacent to an activating group) is 1. The Balaban J connectivity index is 2.31. The number of benzene rings is 2. The molecule has 0 unspecified atom stereocenters. The molecule has 0 saturated heterocycles. The Bertz CT molecular complexity index is 817. The zero-order valence-corrected chi connectivity index (χ0v) is 14.9. The summed E-state index contributed by atoms with van der Waals surface area (Å²) in [4.78, 5) is 11.6. The zero-order chi connectivity index (χ0) is 17.9. The summed E-state index contributed by atoms with van der Waals surface area (Å²) in [5.74, 6) is -1.20. The first kappa shape index (κ1) is 18.4. The molecule has 1 atom stereocenters. The summed E-state index contributed by atoms with van der Waals surface area (Å²) < 4.78 is 26.2. The van der Waals surface area contributed by atoms with Crippen molar-refractivity contribution in [3.05, 3.63) is 64.7 Å². The van der Waals surface area contributed by atoms with Crippen LogP contribution in [0.25, 0.3) is 0 Å². The highest BCUT2D eigenvalue weighted by atomic mass is 35.5. The molecule has 0 saturated carbocycles. The SMILES string of the molecule is Cc1ccc(C[C@H](C(=O)O)N(C)S(=O)(=O)c2ccc(Cl)cc2)cc1. The second kappa shape index (κ2) is 7.34. The van der Waals surface area contributed by atoms with Crippen LogP contribution in [0.3, 0.4) is 0 Å². The summed E-state index contributed by atoms with van der Waals surface area (Å²) in [5.41, 5.74) is 1.80. The van der Waals surface area contributed by atoms with Crippen molar-refractivity contribution in [3.63, 3.8) is 0 Å². The molecule has 0 amide bonds. The Labute approximate surface area is 146 Å². The van der Waals surface area contributed by atoms with Crippen molar-refractivity contribution in [2.45, 2.75) is 24.3 Å². The quantitative estimate of drug-likeness (QED) is 0.851. The van der Waals surface area contributed by atoms with E-state index >= 15 is 0 Å². The van der Waals surface area contributed by atoms with Gasteiger partial charge in [-0.2, -0.15) is 4.31 Å². The van der Waals surface area contributed by atoms with Gasteiger partial charge in [-0.15, -0.1) is 0 Å². The van der Waals surface area contributed by atoms with Crippen LogP contribution < -0.4 is 0 Å². The average Bonchev–Trinajstić information content (AvgIpc) is 2.53. The number of nitrogens with zero attached hydrogens (tertiary/aromatic N) is 1. The van der Waals surface area contributed by atoms with Crippen LogP contribution in [0.1, 0.15) is 11.1 Å². The predicted molar refractivity (Wildman–Crippen MR) is 92.7 cm³/mol. The van der Waals surface area contributed by atoms with Crippen LogP contribution in [-0.4, -0.2) is 36.9 Å². The molecule has 0 aromatic heterocycles. The van der Waals surface area contributed by atoms with Gasteiger partial charge in [-0.25, -0.2) is 8.42 Å². The lowest BCUT2D eigenvalue weighted by Crippen LogP contribution is -2.43. The summed E-state index contributed by atoms with van der Waals surface area (Å²) in [7, 11) is -2.66. The molecule has 7 heteroatoms. The molecule has 0 radical (unpaired) electrons. The summed E-state index contributed by atoms with van der Waals surface area (Å²) in [6, 6.07) is 11.8. The van der Waals surface area contributed by atoms with Crippen molar-refractivity contribution in [2.24, 2.45) is 0 Å². The van der Waals surface area contributed by atoms with Crippen molar-refractivity contribution in [3.8, 4) is 0 Å². The van der Waals surface area contributed by atoms with Crippen LogP contribution in [-0.2, 0) is 21.2 Å². The normalized spacial score (nSPS) is 13.0. The summed E-state index contributed by atoms with van der Waals surface area (Å²) in [6.45, 7) is 1.93. The molecule has 5 nitrogen and oxygen atoms in total. The molecule has 1 N–H and O–H groups in total. The molecule has 0 aliphatic rings. The molecule has 0 aliphatic carbocycles. The Morgan fingerprint density at radius 1 is 1.12 bits per heavy atom. The number of aliphatic carboxylic acids is 1. The van der Waals surface area contributed by atoms with Gasteiger partial charge in [-0.05, 0) is 43.2 Å². The number of hydrogen-bond acceptors (Lipinski definition) is 3. The number of aryl methyl sites for hydroxylation is 1. The van der Waals surface area contributed by atoms with Crippen molar-refractivity contribution < 1.29 is 18.3 Å². The molecular formula is C17H18ClNO4S. The Kier molecular flexibility index (Phi) is 5.64. The van der Waals surface area contributed by atoms with Crippen molar-refractivity contribution in [1.29, 1.82) is 0 Å². The standard InChI is InChI=1S/C17H18ClNO4S/c1-12-3-5-13(6-4-12)11-16(17(20)21)19(2)24(22,23)15-9-7-14(18)8-10-15/h3-10,16H,11H2,1-2H3,(H,20,21)/t16-/m1/s1. The average molecular weight is 368 g/mol. The maximum atomic E-state index is 12.7. The fourth-order valence-corrected chi connectivity index (χ4v) is 3.70. The second-order valence-electron chi connectivity index (χ2n) is 5.52. The summed E-state index contributed by atoms with van der Waals surface area (Å²) >= 11 is 5.77. The maximum absolute atomic E-state index is 12.7. The molecule has 2 aromatic rings. The van der Waals surface area contributed by atoms with Crippen LogP contribution in [0, 0.1) is 6.92 Å². The van der Waals surface area contributed by atoms with Gasteiger partial charge >= 0.3 is 5.97 Å². The van der Waals surface area contributed by atoms with Gasteiger partial charge in [0.05, 0.1) is 4.90 Å². The van der Waals surface area contributed by atoms with E-state index in [0.29, 0.717) is 5.02 Å². The van der Waals surface area contributed by atoms with E-state index in [0.717, 1.165) is 15.4 Å². The Morgan fingerprint density at radius 2 is 1.67 bits per heavy atom. The summed E-state index contributed by atoms with van der Waals surface area (Å²) in [5, 5.41) is 9.90. The molecule has 2 aromatic carbocycles. The van der Waals surface area contributed by atoms with E-state index in [1.165, 1.54) is 31.3 Å². The molecule has 0 bridgehead atoms. The van der Waals surface area contributed by atoms with E-state index in [9.17, 15) is 18.3 Å². The van der Waals surface area contributed by atoms with Crippen molar-refractivity contribution >= 4 is 27.6 Å². The molecule has 2 rings (SSSR count).